The SMILES string of the molecule is CC(=O)NCCC1CCNCC1.O=C(O)C(F)(F)F. The second-order valence-electron chi connectivity index (χ2n) is 4.27. The number of nitrogens with one attached hydrogen (secondary N) is 2. The highest BCUT2D eigenvalue weighted by Gasteiger charge is 2.38. The number of aliphatic carboxylic acids is 1. The molecule has 0 unspecified atom stereocenters. The Bertz CT molecular complexity index is 289. The van der Waals surface area contributed by atoms with Crippen molar-refractivity contribution in [3.05, 3.63) is 0 Å². The lowest BCUT2D eigenvalue weighted by molar-refractivity contribution is -0.192. The largest absolute Gasteiger partial charge is 0.490 e. The molecule has 1 amide bonds. The van der Waals surface area contributed by atoms with Gasteiger partial charge in [0.2, 0.25) is 5.91 Å². The predicted molar refractivity (Wildman–Crippen MR) is 62.6 cm³/mol. The first-order valence-corrected chi connectivity index (χ1v) is 5.98. The normalized spacial score (nSPS) is 16.2. The number of carboxylic acids is 1. The lowest BCUT2D eigenvalue weighted by Gasteiger charge is -2.22. The Balaban J connectivity index is 0.000000399. The van der Waals surface area contributed by atoms with Crippen LogP contribution in [0.2, 0.25) is 0 Å². The van der Waals surface area contributed by atoms with Gasteiger partial charge in [-0.25, -0.2) is 4.79 Å². The molecule has 1 heterocycles. The van der Waals surface area contributed by atoms with Crippen molar-refractivity contribution in [3.8, 4) is 0 Å². The highest BCUT2D eigenvalue weighted by Crippen LogP contribution is 2.14. The van der Waals surface area contributed by atoms with Crippen LogP contribution in [0, 0.1) is 5.92 Å². The van der Waals surface area contributed by atoms with E-state index < -0.39 is 12.1 Å². The number of rotatable bonds is 3. The molecule has 1 fully saturated rings. The molecule has 0 aromatic carbocycles. The van der Waals surface area contributed by atoms with E-state index in [0.29, 0.717) is 0 Å². The van der Waals surface area contributed by atoms with E-state index in [0.717, 1.165) is 32.0 Å². The van der Waals surface area contributed by atoms with Crippen LogP contribution in [0.4, 0.5) is 13.2 Å². The molecule has 0 aromatic heterocycles. The summed E-state index contributed by atoms with van der Waals surface area (Å²) in [4.78, 5) is 19.5. The number of halogens is 3. The Kier molecular flexibility index (Phi) is 8.13. The molecule has 1 rings (SSSR count). The van der Waals surface area contributed by atoms with Crippen molar-refractivity contribution in [1.29, 1.82) is 0 Å². The average molecular weight is 284 g/mol. The van der Waals surface area contributed by atoms with Crippen LogP contribution in [0.1, 0.15) is 26.2 Å². The zero-order chi connectivity index (χ0) is 14.9. The van der Waals surface area contributed by atoms with Crippen LogP contribution in [0.3, 0.4) is 0 Å². The molecule has 1 aliphatic rings. The first-order valence-electron chi connectivity index (χ1n) is 5.98. The van der Waals surface area contributed by atoms with Crippen LogP contribution in [-0.4, -0.2) is 42.8 Å². The molecule has 0 aliphatic carbocycles. The molecular weight excluding hydrogens is 265 g/mol. The summed E-state index contributed by atoms with van der Waals surface area (Å²) < 4.78 is 31.7. The van der Waals surface area contributed by atoms with Crippen molar-refractivity contribution in [2.75, 3.05) is 19.6 Å². The fourth-order valence-electron chi connectivity index (χ4n) is 1.62. The third kappa shape index (κ3) is 10.3. The first-order chi connectivity index (χ1) is 8.73. The van der Waals surface area contributed by atoms with Gasteiger partial charge < -0.3 is 15.7 Å². The number of amides is 1. The molecule has 0 saturated carbocycles. The van der Waals surface area contributed by atoms with Crippen LogP contribution in [0.25, 0.3) is 0 Å². The number of carbonyl (C=O) groups is 2. The van der Waals surface area contributed by atoms with Gasteiger partial charge in [-0.3, -0.25) is 4.79 Å². The highest BCUT2D eigenvalue weighted by molar-refractivity contribution is 5.73. The van der Waals surface area contributed by atoms with E-state index in [1.54, 1.807) is 6.92 Å². The van der Waals surface area contributed by atoms with E-state index in [2.05, 4.69) is 10.6 Å². The van der Waals surface area contributed by atoms with Gasteiger partial charge in [0, 0.05) is 13.5 Å². The summed E-state index contributed by atoms with van der Waals surface area (Å²) >= 11 is 0. The van der Waals surface area contributed by atoms with Crippen LogP contribution >= 0.6 is 0 Å². The lowest BCUT2D eigenvalue weighted by Crippen LogP contribution is -2.30. The molecule has 0 radical (unpaired) electrons. The van der Waals surface area contributed by atoms with E-state index in [1.165, 1.54) is 12.8 Å². The van der Waals surface area contributed by atoms with Crippen molar-refractivity contribution >= 4 is 11.9 Å². The third-order valence-corrected chi connectivity index (χ3v) is 2.63. The van der Waals surface area contributed by atoms with Crippen molar-refractivity contribution in [2.24, 2.45) is 5.92 Å². The molecule has 19 heavy (non-hydrogen) atoms. The number of hydrogen-bond donors (Lipinski definition) is 3. The summed E-state index contributed by atoms with van der Waals surface area (Å²) in [5.41, 5.74) is 0. The molecule has 8 heteroatoms. The number of carboxylic acid groups (broad SMARTS) is 1. The summed E-state index contributed by atoms with van der Waals surface area (Å²) in [6, 6.07) is 0. The molecule has 3 N–H and O–H groups in total. The Labute approximate surface area is 109 Å². The zero-order valence-corrected chi connectivity index (χ0v) is 10.7. The van der Waals surface area contributed by atoms with Gasteiger partial charge in [0.25, 0.3) is 0 Å². The van der Waals surface area contributed by atoms with Crippen LogP contribution in [-0.2, 0) is 9.59 Å². The van der Waals surface area contributed by atoms with Crippen molar-refractivity contribution in [1.82, 2.24) is 10.6 Å². The topological polar surface area (TPSA) is 78.4 Å². The molecule has 5 nitrogen and oxygen atoms in total. The average Bonchev–Trinajstić information content (AvgIpc) is 2.29. The fourth-order valence-corrected chi connectivity index (χ4v) is 1.62. The second-order valence-corrected chi connectivity index (χ2v) is 4.27. The van der Waals surface area contributed by atoms with Gasteiger partial charge >= 0.3 is 12.1 Å². The smallest absolute Gasteiger partial charge is 0.475 e. The van der Waals surface area contributed by atoms with Crippen molar-refractivity contribution < 1.29 is 27.9 Å². The quantitative estimate of drug-likeness (QED) is 0.726. The third-order valence-electron chi connectivity index (χ3n) is 2.63. The summed E-state index contributed by atoms with van der Waals surface area (Å²) in [6.07, 6.45) is -1.42. The minimum absolute atomic E-state index is 0.0870. The predicted octanol–water partition coefficient (Wildman–Crippen LogP) is 1.15. The summed E-state index contributed by atoms with van der Waals surface area (Å²) in [6.45, 7) is 4.71. The van der Waals surface area contributed by atoms with Gasteiger partial charge in [0.05, 0.1) is 0 Å². The number of carbonyl (C=O) groups excluding carboxylic acids is 1. The van der Waals surface area contributed by atoms with Gasteiger partial charge in [-0.2, -0.15) is 13.2 Å². The standard InChI is InChI=1S/C9H18N2O.C2HF3O2/c1-8(12)11-7-4-9-2-5-10-6-3-9;3-2(4,5)1(6)7/h9-10H,2-7H2,1H3,(H,11,12);(H,6,7). The number of piperidine rings is 1. The molecule has 0 spiro atoms. The van der Waals surface area contributed by atoms with Gasteiger partial charge in [0.1, 0.15) is 0 Å². The Morgan fingerprint density at radius 2 is 1.79 bits per heavy atom. The van der Waals surface area contributed by atoms with Gasteiger partial charge in [0.15, 0.2) is 0 Å². The maximum absolute atomic E-state index is 10.6. The van der Waals surface area contributed by atoms with Crippen LogP contribution < -0.4 is 10.6 Å². The Hall–Kier alpha value is -1.31. The summed E-state index contributed by atoms with van der Waals surface area (Å²) in [7, 11) is 0. The molecular formula is C11H19F3N2O3. The molecule has 1 saturated heterocycles. The Morgan fingerprint density at radius 3 is 2.16 bits per heavy atom. The minimum Gasteiger partial charge on any atom is -0.475 e. The highest BCUT2D eigenvalue weighted by atomic mass is 19.4. The molecule has 0 aromatic rings. The summed E-state index contributed by atoms with van der Waals surface area (Å²) in [5, 5.41) is 13.3. The van der Waals surface area contributed by atoms with E-state index in [9.17, 15) is 18.0 Å². The first kappa shape index (κ1) is 17.7. The van der Waals surface area contributed by atoms with Gasteiger partial charge in [-0.05, 0) is 38.3 Å². The lowest BCUT2D eigenvalue weighted by atomic mass is 9.95. The molecule has 0 bridgehead atoms. The monoisotopic (exact) mass is 284 g/mol. The zero-order valence-electron chi connectivity index (χ0n) is 10.7. The maximum Gasteiger partial charge on any atom is 0.490 e. The Morgan fingerprint density at radius 1 is 1.32 bits per heavy atom. The van der Waals surface area contributed by atoms with E-state index in [4.69, 9.17) is 9.90 Å². The van der Waals surface area contributed by atoms with Gasteiger partial charge in [-0.1, -0.05) is 0 Å². The van der Waals surface area contributed by atoms with Crippen molar-refractivity contribution in [2.45, 2.75) is 32.4 Å². The molecule has 0 atom stereocenters. The maximum atomic E-state index is 10.6. The van der Waals surface area contributed by atoms with E-state index >= 15 is 0 Å². The van der Waals surface area contributed by atoms with E-state index in [-0.39, 0.29) is 5.91 Å². The summed E-state index contributed by atoms with van der Waals surface area (Å²) in [5.74, 6) is -1.85. The second kappa shape index (κ2) is 8.73. The fraction of sp³-hybridized carbons (Fsp3) is 0.818. The van der Waals surface area contributed by atoms with Crippen LogP contribution in [0.15, 0.2) is 0 Å². The molecule has 1 aliphatic heterocycles. The minimum atomic E-state index is -5.08. The van der Waals surface area contributed by atoms with Gasteiger partial charge in [-0.15, -0.1) is 0 Å². The molecule has 112 valence electrons. The van der Waals surface area contributed by atoms with E-state index in [1.807, 2.05) is 0 Å². The van der Waals surface area contributed by atoms with Crippen molar-refractivity contribution in [3.63, 3.8) is 0 Å². The van der Waals surface area contributed by atoms with Crippen LogP contribution in [0.5, 0.6) is 0 Å². The number of alkyl halides is 3. The number of hydrogen-bond acceptors (Lipinski definition) is 3.